The third-order valence-electron chi connectivity index (χ3n) is 4.26. The van der Waals surface area contributed by atoms with Crippen molar-refractivity contribution in [3.05, 3.63) is 51.1 Å². The summed E-state index contributed by atoms with van der Waals surface area (Å²) in [5.74, 6) is 0. The van der Waals surface area contributed by atoms with Gasteiger partial charge >= 0.3 is 0 Å². The second-order valence-electron chi connectivity index (χ2n) is 6.15. The zero-order valence-corrected chi connectivity index (χ0v) is 15.1. The van der Waals surface area contributed by atoms with E-state index in [1.54, 1.807) is 24.0 Å². The van der Waals surface area contributed by atoms with Gasteiger partial charge in [-0.05, 0) is 40.7 Å². The third kappa shape index (κ3) is 3.88. The van der Waals surface area contributed by atoms with Crippen LogP contribution in [0.1, 0.15) is 5.56 Å². The van der Waals surface area contributed by atoms with Crippen molar-refractivity contribution in [2.24, 2.45) is 7.05 Å². The highest BCUT2D eigenvalue weighted by Gasteiger charge is 2.15. The molecule has 0 spiro atoms. The second kappa shape index (κ2) is 6.95. The summed E-state index contributed by atoms with van der Waals surface area (Å²) in [5.41, 5.74) is 2.69. The second-order valence-corrected chi connectivity index (χ2v) is 7.07. The molecule has 3 heterocycles. The predicted molar refractivity (Wildman–Crippen MR) is 95.4 cm³/mol. The van der Waals surface area contributed by atoms with Crippen LogP contribution >= 0.6 is 15.9 Å². The summed E-state index contributed by atoms with van der Waals surface area (Å²) in [4.78, 5) is 21.5. The summed E-state index contributed by atoms with van der Waals surface area (Å²) in [6.07, 6.45) is 5.42. The lowest BCUT2D eigenvalue weighted by Gasteiger charge is -2.32. The van der Waals surface area contributed by atoms with Gasteiger partial charge in [0.2, 0.25) is 0 Å². The van der Waals surface area contributed by atoms with Crippen LogP contribution in [0.3, 0.4) is 0 Å². The Kier molecular flexibility index (Phi) is 4.94. The average Bonchev–Trinajstić information content (AvgIpc) is 2.53. The molecule has 0 amide bonds. The van der Waals surface area contributed by atoms with E-state index in [-0.39, 0.29) is 5.56 Å². The summed E-state index contributed by atoms with van der Waals surface area (Å²) in [7, 11) is 3.92. The van der Waals surface area contributed by atoms with Crippen LogP contribution in [0.25, 0.3) is 11.1 Å². The molecule has 0 aliphatic carbocycles. The van der Waals surface area contributed by atoms with Crippen LogP contribution in [-0.4, -0.2) is 52.6 Å². The molecule has 6 heteroatoms. The zero-order chi connectivity index (χ0) is 16.4. The largest absolute Gasteiger partial charge is 0.317 e. The van der Waals surface area contributed by atoms with Crippen molar-refractivity contribution in [3.8, 4) is 11.1 Å². The Hall–Kier alpha value is -1.50. The Balaban J connectivity index is 1.84. The highest BCUT2D eigenvalue weighted by Crippen LogP contribution is 2.20. The first-order chi connectivity index (χ1) is 11.0. The number of piperazine rings is 1. The molecule has 3 rings (SSSR count). The normalized spacial score (nSPS) is 16.7. The number of pyridine rings is 2. The highest BCUT2D eigenvalue weighted by atomic mass is 79.9. The number of aromatic nitrogens is 2. The van der Waals surface area contributed by atoms with Crippen molar-refractivity contribution in [1.29, 1.82) is 0 Å². The van der Waals surface area contributed by atoms with Crippen LogP contribution in [0, 0.1) is 0 Å². The van der Waals surface area contributed by atoms with E-state index >= 15 is 0 Å². The molecule has 0 unspecified atom stereocenters. The molecule has 0 bridgehead atoms. The number of hydrogen-bond acceptors (Lipinski definition) is 4. The van der Waals surface area contributed by atoms with Crippen molar-refractivity contribution in [3.63, 3.8) is 0 Å². The van der Waals surface area contributed by atoms with Gasteiger partial charge in [0.05, 0.1) is 0 Å². The van der Waals surface area contributed by atoms with Crippen LogP contribution in [-0.2, 0) is 13.6 Å². The van der Waals surface area contributed by atoms with Gasteiger partial charge in [0.25, 0.3) is 5.56 Å². The van der Waals surface area contributed by atoms with Gasteiger partial charge in [-0.25, -0.2) is 0 Å². The fourth-order valence-corrected chi connectivity index (χ4v) is 3.40. The van der Waals surface area contributed by atoms with E-state index in [4.69, 9.17) is 0 Å². The highest BCUT2D eigenvalue weighted by molar-refractivity contribution is 9.10. The topological polar surface area (TPSA) is 41.4 Å². The SMILES string of the molecule is CN1CCN(Cc2cncc(-c3cc(Br)cn(C)c3=O)c2)CC1. The van der Waals surface area contributed by atoms with E-state index in [2.05, 4.69) is 43.8 Å². The molecule has 1 saturated heterocycles. The van der Waals surface area contributed by atoms with E-state index in [0.29, 0.717) is 5.56 Å². The van der Waals surface area contributed by atoms with E-state index in [1.165, 1.54) is 0 Å². The smallest absolute Gasteiger partial charge is 0.258 e. The van der Waals surface area contributed by atoms with E-state index in [0.717, 1.165) is 48.3 Å². The maximum absolute atomic E-state index is 12.4. The van der Waals surface area contributed by atoms with Crippen molar-refractivity contribution in [2.45, 2.75) is 6.54 Å². The van der Waals surface area contributed by atoms with Crippen molar-refractivity contribution >= 4 is 15.9 Å². The first kappa shape index (κ1) is 16.4. The van der Waals surface area contributed by atoms with Crippen LogP contribution in [0.2, 0.25) is 0 Å². The van der Waals surface area contributed by atoms with Gasteiger partial charge in [-0.2, -0.15) is 0 Å². The lowest BCUT2D eigenvalue weighted by atomic mass is 10.1. The number of rotatable bonds is 3. The molecule has 2 aromatic rings. The van der Waals surface area contributed by atoms with Gasteiger partial charge < -0.3 is 9.47 Å². The molecule has 0 saturated carbocycles. The fraction of sp³-hybridized carbons (Fsp3) is 0.412. The van der Waals surface area contributed by atoms with Crippen LogP contribution in [0.4, 0.5) is 0 Å². The average molecular weight is 377 g/mol. The minimum absolute atomic E-state index is 0.00764. The van der Waals surface area contributed by atoms with E-state index in [9.17, 15) is 4.79 Å². The summed E-state index contributed by atoms with van der Waals surface area (Å²) in [5, 5.41) is 0. The zero-order valence-electron chi connectivity index (χ0n) is 13.5. The van der Waals surface area contributed by atoms with Crippen LogP contribution in [0.15, 0.2) is 40.0 Å². The molecule has 23 heavy (non-hydrogen) atoms. The maximum atomic E-state index is 12.4. The summed E-state index contributed by atoms with van der Waals surface area (Å²) >= 11 is 3.46. The van der Waals surface area contributed by atoms with Gasteiger partial charge in [-0.3, -0.25) is 14.7 Å². The van der Waals surface area contributed by atoms with E-state index in [1.807, 2.05) is 12.3 Å². The van der Waals surface area contributed by atoms with Gasteiger partial charge in [-0.15, -0.1) is 0 Å². The monoisotopic (exact) mass is 376 g/mol. The molecule has 1 fully saturated rings. The molecular formula is C17H21BrN4O. The lowest BCUT2D eigenvalue weighted by Crippen LogP contribution is -2.43. The van der Waals surface area contributed by atoms with Crippen molar-refractivity contribution < 1.29 is 0 Å². The van der Waals surface area contributed by atoms with Gasteiger partial charge in [-0.1, -0.05) is 0 Å². The maximum Gasteiger partial charge on any atom is 0.258 e. The van der Waals surface area contributed by atoms with E-state index < -0.39 is 0 Å². The minimum Gasteiger partial charge on any atom is -0.317 e. The molecule has 1 aliphatic heterocycles. The Bertz CT molecular complexity index is 750. The Morgan fingerprint density at radius 3 is 2.61 bits per heavy atom. The molecular weight excluding hydrogens is 356 g/mol. The molecule has 122 valence electrons. The van der Waals surface area contributed by atoms with Gasteiger partial charge in [0, 0.05) is 74.0 Å². The molecule has 0 N–H and O–H groups in total. The van der Waals surface area contributed by atoms with Crippen molar-refractivity contribution in [1.82, 2.24) is 19.4 Å². The number of aryl methyl sites for hydroxylation is 1. The third-order valence-corrected chi connectivity index (χ3v) is 4.69. The quantitative estimate of drug-likeness (QED) is 0.820. The number of likely N-dealkylation sites (N-methyl/N-ethyl adjacent to an activating group) is 1. The summed E-state index contributed by atoms with van der Waals surface area (Å²) in [6.45, 7) is 5.21. The van der Waals surface area contributed by atoms with Crippen LogP contribution in [0.5, 0.6) is 0 Å². The number of nitrogens with zero attached hydrogens (tertiary/aromatic N) is 4. The molecule has 0 atom stereocenters. The first-order valence-electron chi connectivity index (χ1n) is 7.74. The molecule has 0 aromatic carbocycles. The van der Waals surface area contributed by atoms with Gasteiger partial charge in [0.15, 0.2) is 0 Å². The summed E-state index contributed by atoms with van der Waals surface area (Å²) in [6, 6.07) is 3.94. The standard InChI is InChI=1S/C17H21BrN4O/c1-20-3-5-22(6-4-20)11-13-7-14(10-19-9-13)16-8-15(18)12-21(2)17(16)23/h7-10,12H,3-6,11H2,1-2H3. The fourth-order valence-electron chi connectivity index (χ4n) is 2.86. The molecule has 0 radical (unpaired) electrons. The van der Waals surface area contributed by atoms with Crippen LogP contribution < -0.4 is 5.56 Å². The van der Waals surface area contributed by atoms with Crippen molar-refractivity contribution in [2.75, 3.05) is 33.2 Å². The Morgan fingerprint density at radius 2 is 1.87 bits per heavy atom. The number of hydrogen-bond donors (Lipinski definition) is 0. The predicted octanol–water partition coefficient (Wildman–Crippen LogP) is 1.96. The lowest BCUT2D eigenvalue weighted by molar-refractivity contribution is 0.148. The first-order valence-corrected chi connectivity index (χ1v) is 8.53. The Labute approximate surface area is 144 Å². The summed E-state index contributed by atoms with van der Waals surface area (Å²) < 4.78 is 2.48. The minimum atomic E-state index is -0.00764. The molecule has 5 nitrogen and oxygen atoms in total. The van der Waals surface area contributed by atoms with Gasteiger partial charge in [0.1, 0.15) is 0 Å². The molecule has 2 aromatic heterocycles. The molecule has 1 aliphatic rings. The Morgan fingerprint density at radius 1 is 1.13 bits per heavy atom. The number of halogens is 1.